The standard InChI is InChI=1S/C61H41NO2/c63-60-49-27-52-45(25-46(49)54-34-9-1-5-13-38(34)57(60)39-14-6-2-10-35(39)54)48-23-33-22-42-31-18-29-17-30(19-31)21-32(20-29)43(42)24-44(33)56-51-26-47-50(28-53(51)62(52)59(48)56)61(64)58-40-15-7-3-11-36(40)55(47)37-12-4-8-16-41(37)58/h1-16,22-32,54-55,57-58H,17-21H2. The molecular formula is C61H41NO2. The van der Waals surface area contributed by atoms with Gasteiger partial charge in [-0.25, -0.2) is 0 Å². The number of rotatable bonds is 0. The number of carbonyl (C=O) groups is 2. The van der Waals surface area contributed by atoms with Crippen molar-refractivity contribution in [3.05, 3.63) is 217 Å². The number of Topliss-reactive ketones (excluding diaryl/α,β-unsaturated/α-hetero) is 2. The van der Waals surface area contributed by atoms with Crippen molar-refractivity contribution in [2.45, 2.75) is 67.6 Å². The number of ketones is 2. The number of aromatic nitrogens is 1. The zero-order valence-electron chi connectivity index (χ0n) is 35.2. The van der Waals surface area contributed by atoms with Gasteiger partial charge >= 0.3 is 0 Å². The van der Waals surface area contributed by atoms with Crippen LogP contribution in [0, 0.1) is 11.8 Å². The van der Waals surface area contributed by atoms with Crippen LogP contribution >= 0.6 is 0 Å². The number of carbonyl (C=O) groups excluding carboxylic acids is 2. The van der Waals surface area contributed by atoms with Crippen molar-refractivity contribution in [3.8, 4) is 0 Å². The molecule has 0 saturated heterocycles. The number of fused-ring (bicyclic) bond motifs is 8. The molecule has 2 unspecified atom stereocenters. The Morgan fingerprint density at radius 1 is 0.359 bits per heavy atom. The Bertz CT molecular complexity index is 3770. The second-order valence-corrected chi connectivity index (χ2v) is 20.9. The summed E-state index contributed by atoms with van der Waals surface area (Å²) in [5, 5.41) is 7.58. The minimum atomic E-state index is -0.345. The van der Waals surface area contributed by atoms with Gasteiger partial charge in [0, 0.05) is 44.5 Å². The summed E-state index contributed by atoms with van der Waals surface area (Å²) in [4.78, 5) is 30.7. The first kappa shape index (κ1) is 33.7. The normalized spacial score (nSPS) is 26.2. The van der Waals surface area contributed by atoms with E-state index in [-0.39, 0.29) is 35.2 Å². The molecule has 10 aliphatic carbocycles. The molecule has 2 saturated carbocycles. The zero-order valence-corrected chi connectivity index (χ0v) is 35.2. The third-order valence-electron chi connectivity index (χ3n) is 18.1. The predicted molar refractivity (Wildman–Crippen MR) is 254 cm³/mol. The van der Waals surface area contributed by atoms with E-state index in [0.29, 0.717) is 11.8 Å². The molecule has 8 bridgehead atoms. The first-order chi connectivity index (χ1) is 31.6. The lowest BCUT2D eigenvalue weighted by atomic mass is 9.67. The smallest absolute Gasteiger partial charge is 0.175 e. The van der Waals surface area contributed by atoms with Gasteiger partial charge in [-0.05, 0) is 170 Å². The molecule has 64 heavy (non-hydrogen) atoms. The fourth-order valence-electron chi connectivity index (χ4n) is 15.9. The van der Waals surface area contributed by atoms with Gasteiger partial charge in [-0.2, -0.15) is 0 Å². The molecule has 3 heteroatoms. The fourth-order valence-corrected chi connectivity index (χ4v) is 15.9. The monoisotopic (exact) mass is 819 g/mol. The summed E-state index contributed by atoms with van der Waals surface area (Å²) >= 11 is 0. The van der Waals surface area contributed by atoms with Crippen molar-refractivity contribution in [1.82, 2.24) is 4.40 Å². The lowest BCUT2D eigenvalue weighted by molar-refractivity contribution is 0.0966. The molecule has 10 aromatic rings. The lowest BCUT2D eigenvalue weighted by Gasteiger charge is -2.38. The maximum atomic E-state index is 15.4. The molecule has 0 amide bonds. The highest BCUT2D eigenvalue weighted by Crippen LogP contribution is 2.59. The number of benzene rings is 8. The molecule has 2 aromatic heterocycles. The van der Waals surface area contributed by atoms with Crippen LogP contribution < -0.4 is 0 Å². The van der Waals surface area contributed by atoms with E-state index in [0.717, 1.165) is 67.4 Å². The summed E-state index contributed by atoms with van der Waals surface area (Å²) in [5.74, 6) is 2.56. The van der Waals surface area contributed by atoms with E-state index in [4.69, 9.17) is 0 Å². The van der Waals surface area contributed by atoms with Crippen LogP contribution in [0.4, 0.5) is 0 Å². The molecule has 20 rings (SSSR count). The fraction of sp³-hybridized carbons (Fsp3) is 0.213. The third-order valence-corrected chi connectivity index (χ3v) is 18.1. The van der Waals surface area contributed by atoms with Gasteiger partial charge < -0.3 is 4.40 Å². The average Bonchev–Trinajstić information content (AvgIpc) is 3.59. The van der Waals surface area contributed by atoms with Crippen LogP contribution in [0.15, 0.2) is 140 Å². The minimum absolute atomic E-state index is 0.0308. The summed E-state index contributed by atoms with van der Waals surface area (Å²) < 4.78 is 2.47. The zero-order chi connectivity index (χ0) is 41.4. The van der Waals surface area contributed by atoms with E-state index < -0.39 is 0 Å². The maximum Gasteiger partial charge on any atom is 0.175 e. The second kappa shape index (κ2) is 11.3. The third kappa shape index (κ3) is 3.84. The second-order valence-electron chi connectivity index (χ2n) is 20.9. The van der Waals surface area contributed by atoms with Gasteiger partial charge in [0.25, 0.3) is 0 Å². The van der Waals surface area contributed by atoms with E-state index in [9.17, 15) is 0 Å². The highest BCUT2D eigenvalue weighted by molar-refractivity contribution is 6.32. The molecule has 2 atom stereocenters. The average molecular weight is 820 g/mol. The van der Waals surface area contributed by atoms with Crippen molar-refractivity contribution < 1.29 is 9.59 Å². The minimum Gasteiger partial charge on any atom is -0.308 e. The highest BCUT2D eigenvalue weighted by atomic mass is 16.1. The van der Waals surface area contributed by atoms with Crippen LogP contribution in [-0.2, 0) is 0 Å². The molecule has 2 heterocycles. The van der Waals surface area contributed by atoms with E-state index in [1.807, 2.05) is 0 Å². The molecule has 2 fully saturated rings. The quantitative estimate of drug-likeness (QED) is 0.153. The van der Waals surface area contributed by atoms with Crippen molar-refractivity contribution in [3.63, 3.8) is 0 Å². The van der Waals surface area contributed by atoms with Gasteiger partial charge in [-0.3, -0.25) is 9.59 Å². The van der Waals surface area contributed by atoms with Gasteiger partial charge in [-0.1, -0.05) is 103 Å². The lowest BCUT2D eigenvalue weighted by Crippen LogP contribution is -2.25. The first-order valence-electron chi connectivity index (χ1n) is 23.8. The van der Waals surface area contributed by atoms with Crippen molar-refractivity contribution in [2.24, 2.45) is 11.8 Å². The summed E-state index contributed by atoms with van der Waals surface area (Å²) in [6.07, 6.45) is 6.73. The Hall–Kier alpha value is -6.84. The van der Waals surface area contributed by atoms with Gasteiger partial charge in [0.05, 0.1) is 28.4 Å². The SMILES string of the molecule is O=C1c2cc3c(cc2C2c4ccccc4C1c1ccccc12)c1cc2cc4c(cc2c2c5cc6c(cc5n3c12)C(=O)C1c2ccccc2C6c2ccccc21)C1CC2CC(CC4C2)C1. The highest BCUT2D eigenvalue weighted by Gasteiger charge is 2.46. The predicted octanol–water partition coefficient (Wildman–Crippen LogP) is 14.0. The number of hydrogen-bond donors (Lipinski definition) is 0. The summed E-state index contributed by atoms with van der Waals surface area (Å²) in [5.41, 5.74) is 19.9. The first-order valence-corrected chi connectivity index (χ1v) is 23.8. The largest absolute Gasteiger partial charge is 0.308 e. The Kier molecular flexibility index (Phi) is 5.93. The molecule has 0 N–H and O–H groups in total. The number of hydrogen-bond acceptors (Lipinski definition) is 2. The van der Waals surface area contributed by atoms with Crippen LogP contribution in [-0.4, -0.2) is 16.0 Å². The molecule has 10 aliphatic rings. The summed E-state index contributed by atoms with van der Waals surface area (Å²) in [6.45, 7) is 0. The molecule has 3 nitrogen and oxygen atoms in total. The Labute approximate surface area is 369 Å². The van der Waals surface area contributed by atoms with Gasteiger partial charge in [0.15, 0.2) is 11.6 Å². The van der Waals surface area contributed by atoms with Gasteiger partial charge in [0.1, 0.15) is 0 Å². The summed E-state index contributed by atoms with van der Waals surface area (Å²) in [7, 11) is 0. The van der Waals surface area contributed by atoms with Gasteiger partial charge in [0.2, 0.25) is 0 Å². The van der Waals surface area contributed by atoms with E-state index in [2.05, 4.69) is 144 Å². The topological polar surface area (TPSA) is 38.5 Å². The Balaban J connectivity index is 1.03. The van der Waals surface area contributed by atoms with Crippen molar-refractivity contribution in [1.29, 1.82) is 0 Å². The summed E-state index contributed by atoms with van der Waals surface area (Å²) in [6, 6.07) is 51.8. The van der Waals surface area contributed by atoms with Crippen LogP contribution in [0.1, 0.15) is 155 Å². The van der Waals surface area contributed by atoms with Crippen LogP contribution in [0.3, 0.4) is 0 Å². The van der Waals surface area contributed by atoms with E-state index in [1.165, 1.54) is 92.2 Å². The molecule has 0 aliphatic heterocycles. The Morgan fingerprint density at radius 3 is 1.25 bits per heavy atom. The van der Waals surface area contributed by atoms with E-state index >= 15 is 9.59 Å². The van der Waals surface area contributed by atoms with Crippen molar-refractivity contribution >= 4 is 60.4 Å². The molecule has 0 spiro atoms. The molecule has 302 valence electrons. The molecule has 0 radical (unpaired) electrons. The maximum absolute atomic E-state index is 15.4. The van der Waals surface area contributed by atoms with Crippen LogP contribution in [0.25, 0.3) is 48.9 Å². The van der Waals surface area contributed by atoms with Crippen LogP contribution in [0.2, 0.25) is 0 Å². The Morgan fingerprint density at radius 2 is 0.766 bits per heavy atom. The molecule has 8 aromatic carbocycles. The van der Waals surface area contributed by atoms with E-state index in [1.54, 1.807) is 11.1 Å². The molecular weight excluding hydrogens is 779 g/mol. The van der Waals surface area contributed by atoms with Crippen molar-refractivity contribution in [2.75, 3.05) is 0 Å². The van der Waals surface area contributed by atoms with Crippen LogP contribution in [0.5, 0.6) is 0 Å². The van der Waals surface area contributed by atoms with Gasteiger partial charge in [-0.15, -0.1) is 0 Å². The number of nitrogens with zero attached hydrogens (tertiary/aromatic N) is 1.